The normalized spacial score (nSPS) is 19.9. The quantitative estimate of drug-likeness (QED) is 0.615. The van der Waals surface area contributed by atoms with Gasteiger partial charge in [0, 0.05) is 56.9 Å². The SMILES string of the molecule is CCC(=O)N(CC1(N2CCN(CCc3ccccc3)CC2)CCN(C)CC1)c1ccccc1. The first-order valence-electron chi connectivity index (χ1n) is 12.6. The monoisotopic (exact) mass is 448 g/mol. The number of hydrogen-bond donors (Lipinski definition) is 0. The highest BCUT2D eigenvalue weighted by atomic mass is 16.2. The molecule has 2 aliphatic rings. The molecule has 2 saturated heterocycles. The molecule has 4 rings (SSSR count). The van der Waals surface area contributed by atoms with E-state index in [0.717, 1.165) is 77.3 Å². The zero-order valence-electron chi connectivity index (χ0n) is 20.5. The van der Waals surface area contributed by atoms with Gasteiger partial charge < -0.3 is 14.7 Å². The van der Waals surface area contributed by atoms with Crippen LogP contribution in [0.15, 0.2) is 60.7 Å². The minimum atomic E-state index is 0.0543. The summed E-state index contributed by atoms with van der Waals surface area (Å²) >= 11 is 0. The van der Waals surface area contributed by atoms with Gasteiger partial charge in [0.15, 0.2) is 0 Å². The van der Waals surface area contributed by atoms with Crippen molar-refractivity contribution in [3.8, 4) is 0 Å². The first-order chi connectivity index (χ1) is 16.1. The number of carbonyl (C=O) groups is 1. The Kier molecular flexibility index (Phi) is 8.18. The Morgan fingerprint density at radius 3 is 2.09 bits per heavy atom. The lowest BCUT2D eigenvalue weighted by molar-refractivity contribution is -0.119. The first-order valence-corrected chi connectivity index (χ1v) is 12.6. The third-order valence-electron chi connectivity index (χ3n) is 7.64. The van der Waals surface area contributed by atoms with Gasteiger partial charge in [0.25, 0.3) is 0 Å². The van der Waals surface area contributed by atoms with Crippen LogP contribution in [-0.2, 0) is 11.2 Å². The van der Waals surface area contributed by atoms with Gasteiger partial charge in [0.1, 0.15) is 0 Å². The summed E-state index contributed by atoms with van der Waals surface area (Å²) in [4.78, 5) is 22.9. The Morgan fingerprint density at radius 1 is 0.879 bits per heavy atom. The summed E-state index contributed by atoms with van der Waals surface area (Å²) in [5.41, 5.74) is 2.51. The predicted octanol–water partition coefficient (Wildman–Crippen LogP) is 3.75. The van der Waals surface area contributed by atoms with Crippen LogP contribution < -0.4 is 4.90 Å². The number of likely N-dealkylation sites (tertiary alicyclic amines) is 1. The number of nitrogens with zero attached hydrogens (tertiary/aromatic N) is 4. The van der Waals surface area contributed by atoms with Gasteiger partial charge in [-0.15, -0.1) is 0 Å². The summed E-state index contributed by atoms with van der Waals surface area (Å²) in [5, 5.41) is 0. The van der Waals surface area contributed by atoms with Crippen molar-refractivity contribution >= 4 is 11.6 Å². The van der Waals surface area contributed by atoms with Gasteiger partial charge in [0.05, 0.1) is 0 Å². The molecule has 5 nitrogen and oxygen atoms in total. The van der Waals surface area contributed by atoms with E-state index in [4.69, 9.17) is 0 Å². The summed E-state index contributed by atoms with van der Waals surface area (Å²) < 4.78 is 0. The van der Waals surface area contributed by atoms with Crippen LogP contribution in [0.2, 0.25) is 0 Å². The van der Waals surface area contributed by atoms with Crippen molar-refractivity contribution < 1.29 is 4.79 Å². The number of anilines is 1. The molecule has 2 heterocycles. The van der Waals surface area contributed by atoms with Gasteiger partial charge in [0.2, 0.25) is 5.91 Å². The molecule has 2 aromatic carbocycles. The largest absolute Gasteiger partial charge is 0.311 e. The Hall–Kier alpha value is -2.21. The summed E-state index contributed by atoms with van der Waals surface area (Å²) in [7, 11) is 2.22. The molecule has 1 amide bonds. The molecule has 0 atom stereocenters. The van der Waals surface area contributed by atoms with Gasteiger partial charge in [-0.25, -0.2) is 0 Å². The van der Waals surface area contributed by atoms with Gasteiger partial charge in [-0.2, -0.15) is 0 Å². The van der Waals surface area contributed by atoms with Crippen LogP contribution in [0.1, 0.15) is 31.7 Å². The predicted molar refractivity (Wildman–Crippen MR) is 137 cm³/mol. The standard InChI is InChI=1S/C28H40N4O/c1-3-27(33)32(26-12-8-5-9-13-26)24-28(15-18-29(2)19-16-28)31-22-20-30(21-23-31)17-14-25-10-6-4-7-11-25/h4-13H,3,14-24H2,1-2H3. The highest BCUT2D eigenvalue weighted by Gasteiger charge is 2.42. The van der Waals surface area contributed by atoms with Crippen molar-refractivity contribution in [1.29, 1.82) is 0 Å². The molecular formula is C28H40N4O. The molecule has 5 heteroatoms. The summed E-state index contributed by atoms with van der Waals surface area (Å²) in [6.07, 6.45) is 3.89. The topological polar surface area (TPSA) is 30.0 Å². The molecule has 0 bridgehead atoms. The van der Waals surface area contributed by atoms with Crippen LogP contribution in [0, 0.1) is 0 Å². The molecule has 0 spiro atoms. The van der Waals surface area contributed by atoms with Crippen LogP contribution in [-0.4, -0.2) is 85.6 Å². The molecule has 0 unspecified atom stereocenters. The second-order valence-corrected chi connectivity index (χ2v) is 9.76. The lowest BCUT2D eigenvalue weighted by Gasteiger charge is -2.52. The zero-order chi connectivity index (χ0) is 23.1. The first kappa shape index (κ1) is 23.9. The lowest BCUT2D eigenvalue weighted by Crippen LogP contribution is -2.65. The molecule has 0 aliphatic carbocycles. The fourth-order valence-electron chi connectivity index (χ4n) is 5.40. The van der Waals surface area contributed by atoms with Crippen LogP contribution >= 0.6 is 0 Å². The molecule has 2 aliphatic heterocycles. The van der Waals surface area contributed by atoms with E-state index in [9.17, 15) is 4.79 Å². The van der Waals surface area contributed by atoms with Gasteiger partial charge in [-0.3, -0.25) is 9.69 Å². The van der Waals surface area contributed by atoms with Crippen molar-refractivity contribution in [2.24, 2.45) is 0 Å². The molecule has 0 radical (unpaired) electrons. The second-order valence-electron chi connectivity index (χ2n) is 9.76. The molecule has 0 saturated carbocycles. The Morgan fingerprint density at radius 2 is 1.48 bits per heavy atom. The number of carbonyl (C=O) groups excluding carboxylic acids is 1. The molecule has 2 aromatic rings. The molecule has 33 heavy (non-hydrogen) atoms. The van der Waals surface area contributed by atoms with Crippen molar-refractivity contribution in [3.63, 3.8) is 0 Å². The number of piperazine rings is 1. The van der Waals surface area contributed by atoms with E-state index in [1.807, 2.05) is 25.1 Å². The number of hydrogen-bond acceptors (Lipinski definition) is 4. The molecular weight excluding hydrogens is 408 g/mol. The highest BCUT2D eigenvalue weighted by molar-refractivity contribution is 5.93. The number of para-hydroxylation sites is 1. The van der Waals surface area contributed by atoms with Crippen molar-refractivity contribution in [3.05, 3.63) is 66.2 Å². The smallest absolute Gasteiger partial charge is 0.226 e. The summed E-state index contributed by atoms with van der Waals surface area (Å²) in [5.74, 6) is 0.223. The van der Waals surface area contributed by atoms with Gasteiger partial charge in [-0.05, 0) is 57.1 Å². The Labute approximate surface area is 200 Å². The fourth-order valence-corrected chi connectivity index (χ4v) is 5.40. The van der Waals surface area contributed by atoms with Crippen LogP contribution in [0.4, 0.5) is 5.69 Å². The molecule has 0 N–H and O–H groups in total. The number of rotatable bonds is 8. The van der Waals surface area contributed by atoms with Crippen LogP contribution in [0.25, 0.3) is 0 Å². The van der Waals surface area contributed by atoms with Crippen molar-refractivity contribution in [2.45, 2.75) is 38.1 Å². The third-order valence-corrected chi connectivity index (χ3v) is 7.64. The minimum Gasteiger partial charge on any atom is -0.311 e. The Balaban J connectivity index is 1.45. The maximum absolute atomic E-state index is 13.0. The fraction of sp³-hybridized carbons (Fsp3) is 0.536. The number of amides is 1. The average Bonchev–Trinajstić information content (AvgIpc) is 2.88. The van der Waals surface area contributed by atoms with E-state index in [0.29, 0.717) is 6.42 Å². The average molecular weight is 449 g/mol. The molecule has 178 valence electrons. The van der Waals surface area contributed by atoms with Crippen molar-refractivity contribution in [1.82, 2.24) is 14.7 Å². The third kappa shape index (κ3) is 6.03. The van der Waals surface area contributed by atoms with E-state index in [1.165, 1.54) is 5.56 Å². The summed E-state index contributed by atoms with van der Waals surface area (Å²) in [6, 6.07) is 21.1. The molecule has 0 aromatic heterocycles. The zero-order valence-corrected chi connectivity index (χ0v) is 20.5. The molecule has 2 fully saturated rings. The van der Waals surface area contributed by atoms with E-state index < -0.39 is 0 Å². The number of benzene rings is 2. The van der Waals surface area contributed by atoms with Crippen molar-refractivity contribution in [2.75, 3.05) is 64.3 Å². The van der Waals surface area contributed by atoms with Gasteiger partial charge >= 0.3 is 0 Å². The van der Waals surface area contributed by atoms with E-state index >= 15 is 0 Å². The van der Waals surface area contributed by atoms with Gasteiger partial charge in [-0.1, -0.05) is 55.5 Å². The van der Waals surface area contributed by atoms with Crippen LogP contribution in [0.3, 0.4) is 0 Å². The maximum atomic E-state index is 13.0. The van der Waals surface area contributed by atoms with E-state index in [-0.39, 0.29) is 11.4 Å². The van der Waals surface area contributed by atoms with E-state index in [2.05, 4.69) is 69.1 Å². The highest BCUT2D eigenvalue weighted by Crippen LogP contribution is 2.32. The summed E-state index contributed by atoms with van der Waals surface area (Å²) in [6.45, 7) is 10.5. The number of piperidine rings is 1. The second kappa shape index (κ2) is 11.3. The van der Waals surface area contributed by atoms with Crippen LogP contribution in [0.5, 0.6) is 0 Å². The lowest BCUT2D eigenvalue weighted by atomic mass is 9.84. The maximum Gasteiger partial charge on any atom is 0.226 e. The van der Waals surface area contributed by atoms with E-state index in [1.54, 1.807) is 0 Å². The Bertz CT molecular complexity index is 856. The minimum absolute atomic E-state index is 0.0543.